The quantitative estimate of drug-likeness (QED) is 0.884. The predicted octanol–water partition coefficient (Wildman–Crippen LogP) is 1.87. The van der Waals surface area contributed by atoms with Crippen LogP contribution in [0.1, 0.15) is 36.8 Å². The normalized spacial score (nSPS) is 17.7. The van der Waals surface area contributed by atoms with Gasteiger partial charge in [0.05, 0.1) is 12.0 Å². The van der Waals surface area contributed by atoms with Gasteiger partial charge in [-0.25, -0.2) is 9.78 Å². The van der Waals surface area contributed by atoms with Crippen LogP contribution in [0.5, 0.6) is 0 Å². The largest absolute Gasteiger partial charge is 0.348 e. The van der Waals surface area contributed by atoms with E-state index in [-0.39, 0.29) is 18.1 Å². The number of aromatic nitrogens is 3. The van der Waals surface area contributed by atoms with E-state index in [1.165, 1.54) is 0 Å². The monoisotopic (exact) mass is 285 g/mol. The van der Waals surface area contributed by atoms with E-state index in [4.69, 9.17) is 0 Å². The van der Waals surface area contributed by atoms with E-state index in [1.54, 1.807) is 18.7 Å². The molecule has 1 aliphatic heterocycles. The van der Waals surface area contributed by atoms with Crippen molar-refractivity contribution in [1.29, 1.82) is 0 Å². The summed E-state index contributed by atoms with van der Waals surface area (Å²) in [4.78, 5) is 26.0. The number of imidazole rings is 1. The Morgan fingerprint density at radius 1 is 1.43 bits per heavy atom. The molecule has 2 aromatic rings. The molecule has 3 rings (SSSR count). The molecule has 1 aliphatic rings. The minimum atomic E-state index is -0.165. The third kappa shape index (κ3) is 2.61. The molecule has 2 amide bonds. The van der Waals surface area contributed by atoms with Crippen LogP contribution >= 0.6 is 0 Å². The predicted molar refractivity (Wildman–Crippen MR) is 78.7 cm³/mol. The average molecular weight is 285 g/mol. The van der Waals surface area contributed by atoms with Crippen LogP contribution in [0.4, 0.5) is 4.79 Å². The zero-order chi connectivity index (χ0) is 14.8. The third-order valence-corrected chi connectivity index (χ3v) is 3.62. The average Bonchev–Trinajstić information content (AvgIpc) is 2.94. The number of fused-ring (bicyclic) bond motifs is 1. The van der Waals surface area contributed by atoms with Gasteiger partial charge in [-0.15, -0.1) is 0 Å². The van der Waals surface area contributed by atoms with Gasteiger partial charge < -0.3 is 15.2 Å². The number of nitrogens with zero attached hydrogens (tertiary/aromatic N) is 3. The second-order valence-electron chi connectivity index (χ2n) is 5.50. The summed E-state index contributed by atoms with van der Waals surface area (Å²) < 4.78 is 0. The smallest absolute Gasteiger partial charge is 0.318 e. The molecule has 0 fully saturated rings. The molecule has 21 heavy (non-hydrogen) atoms. The molecular formula is C15H19N5O. The van der Waals surface area contributed by atoms with Gasteiger partial charge in [-0.2, -0.15) is 0 Å². The molecule has 6 nitrogen and oxygen atoms in total. The summed E-state index contributed by atoms with van der Waals surface area (Å²) >= 11 is 0. The molecule has 110 valence electrons. The fraction of sp³-hybridized carbons (Fsp3) is 0.400. The topological polar surface area (TPSA) is 73.9 Å². The molecule has 0 aliphatic carbocycles. The van der Waals surface area contributed by atoms with E-state index in [1.807, 2.05) is 30.9 Å². The summed E-state index contributed by atoms with van der Waals surface area (Å²) in [6.07, 6.45) is 5.98. The fourth-order valence-corrected chi connectivity index (χ4v) is 2.71. The highest BCUT2D eigenvalue weighted by atomic mass is 16.2. The molecule has 0 bridgehead atoms. The molecule has 6 heteroatoms. The molecule has 2 aromatic heterocycles. The van der Waals surface area contributed by atoms with Gasteiger partial charge >= 0.3 is 6.03 Å². The second kappa shape index (κ2) is 5.55. The minimum absolute atomic E-state index is 0.0551. The number of nitrogens with one attached hydrogen (secondary N) is 2. The molecule has 0 saturated carbocycles. The Morgan fingerprint density at radius 2 is 2.19 bits per heavy atom. The number of hydrogen-bond donors (Lipinski definition) is 2. The number of aromatic amines is 1. The van der Waals surface area contributed by atoms with E-state index in [0.29, 0.717) is 6.54 Å². The van der Waals surface area contributed by atoms with Crippen molar-refractivity contribution in [1.82, 2.24) is 25.2 Å². The van der Waals surface area contributed by atoms with Gasteiger partial charge in [0.1, 0.15) is 6.04 Å². The number of pyridine rings is 1. The first-order valence-electron chi connectivity index (χ1n) is 7.16. The maximum atomic E-state index is 12.5. The standard InChI is InChI=1S/C15H19N5O/c1-10(2)19-15(21)20-8-5-12-13(18-9-17-12)14(20)11-3-6-16-7-4-11/h3-4,6-7,9-10,14H,5,8H2,1-2H3,(H,17,18)(H,19,21). The van der Waals surface area contributed by atoms with Crippen LogP contribution in [0, 0.1) is 0 Å². The van der Waals surface area contributed by atoms with Crippen molar-refractivity contribution < 1.29 is 4.79 Å². The van der Waals surface area contributed by atoms with Crippen LogP contribution < -0.4 is 5.32 Å². The summed E-state index contributed by atoms with van der Waals surface area (Å²) in [5.41, 5.74) is 3.05. The zero-order valence-corrected chi connectivity index (χ0v) is 12.2. The van der Waals surface area contributed by atoms with E-state index < -0.39 is 0 Å². The zero-order valence-electron chi connectivity index (χ0n) is 12.2. The van der Waals surface area contributed by atoms with E-state index in [0.717, 1.165) is 23.4 Å². The molecule has 0 spiro atoms. The fourth-order valence-electron chi connectivity index (χ4n) is 2.71. The molecule has 2 N–H and O–H groups in total. The van der Waals surface area contributed by atoms with Crippen molar-refractivity contribution in [2.24, 2.45) is 0 Å². The SMILES string of the molecule is CC(C)NC(=O)N1CCc2[nH]cnc2C1c1ccncc1. The number of urea groups is 1. The van der Waals surface area contributed by atoms with Crippen LogP contribution in [0.2, 0.25) is 0 Å². The van der Waals surface area contributed by atoms with Crippen molar-refractivity contribution in [3.8, 4) is 0 Å². The Balaban J connectivity index is 1.98. The molecule has 1 unspecified atom stereocenters. The Morgan fingerprint density at radius 3 is 2.90 bits per heavy atom. The van der Waals surface area contributed by atoms with Crippen molar-refractivity contribution in [2.45, 2.75) is 32.4 Å². The summed E-state index contributed by atoms with van der Waals surface area (Å²) in [7, 11) is 0. The van der Waals surface area contributed by atoms with Crippen LogP contribution in [-0.4, -0.2) is 38.5 Å². The lowest BCUT2D eigenvalue weighted by atomic mass is 9.97. The highest BCUT2D eigenvalue weighted by Crippen LogP contribution is 2.32. The maximum Gasteiger partial charge on any atom is 0.318 e. The van der Waals surface area contributed by atoms with Gasteiger partial charge in [0.15, 0.2) is 0 Å². The van der Waals surface area contributed by atoms with Crippen LogP contribution in [-0.2, 0) is 6.42 Å². The third-order valence-electron chi connectivity index (χ3n) is 3.62. The van der Waals surface area contributed by atoms with Crippen LogP contribution in [0.25, 0.3) is 0 Å². The molecular weight excluding hydrogens is 266 g/mol. The maximum absolute atomic E-state index is 12.5. The van der Waals surface area contributed by atoms with E-state index in [2.05, 4.69) is 20.3 Å². The lowest BCUT2D eigenvalue weighted by Gasteiger charge is -2.35. The first-order valence-corrected chi connectivity index (χ1v) is 7.16. The molecule has 1 atom stereocenters. The number of hydrogen-bond acceptors (Lipinski definition) is 3. The minimum Gasteiger partial charge on any atom is -0.348 e. The summed E-state index contributed by atoms with van der Waals surface area (Å²) in [5.74, 6) is 0. The second-order valence-corrected chi connectivity index (χ2v) is 5.50. The van der Waals surface area contributed by atoms with E-state index >= 15 is 0 Å². The number of H-pyrrole nitrogens is 1. The van der Waals surface area contributed by atoms with Gasteiger partial charge in [-0.3, -0.25) is 4.98 Å². The highest BCUT2D eigenvalue weighted by Gasteiger charge is 2.34. The molecule has 0 radical (unpaired) electrons. The Bertz CT molecular complexity index is 622. The number of carbonyl (C=O) groups is 1. The highest BCUT2D eigenvalue weighted by molar-refractivity contribution is 5.76. The molecule has 0 aromatic carbocycles. The Hall–Kier alpha value is -2.37. The summed E-state index contributed by atoms with van der Waals surface area (Å²) in [6.45, 7) is 4.59. The molecule has 0 saturated heterocycles. The van der Waals surface area contributed by atoms with Gasteiger partial charge in [0, 0.05) is 37.1 Å². The molecule has 3 heterocycles. The lowest BCUT2D eigenvalue weighted by Crippen LogP contribution is -2.48. The number of amides is 2. The first kappa shape index (κ1) is 13.6. The lowest BCUT2D eigenvalue weighted by molar-refractivity contribution is 0.176. The van der Waals surface area contributed by atoms with Crippen molar-refractivity contribution in [2.75, 3.05) is 6.54 Å². The van der Waals surface area contributed by atoms with Crippen molar-refractivity contribution in [3.05, 3.63) is 47.8 Å². The summed E-state index contributed by atoms with van der Waals surface area (Å²) in [6, 6.07) is 3.76. The van der Waals surface area contributed by atoms with Crippen LogP contribution in [0.3, 0.4) is 0 Å². The number of carbonyl (C=O) groups excluding carboxylic acids is 1. The van der Waals surface area contributed by atoms with Gasteiger partial charge in [0.25, 0.3) is 0 Å². The van der Waals surface area contributed by atoms with Gasteiger partial charge in [-0.1, -0.05) is 0 Å². The first-order chi connectivity index (χ1) is 10.2. The van der Waals surface area contributed by atoms with Crippen molar-refractivity contribution >= 4 is 6.03 Å². The van der Waals surface area contributed by atoms with E-state index in [9.17, 15) is 4.79 Å². The Kier molecular flexibility index (Phi) is 3.60. The Labute approximate surface area is 123 Å². The van der Waals surface area contributed by atoms with Gasteiger partial charge in [0.2, 0.25) is 0 Å². The van der Waals surface area contributed by atoms with Gasteiger partial charge in [-0.05, 0) is 31.5 Å². The van der Waals surface area contributed by atoms with Crippen LogP contribution in [0.15, 0.2) is 30.9 Å². The van der Waals surface area contributed by atoms with Crippen molar-refractivity contribution in [3.63, 3.8) is 0 Å². The summed E-state index contributed by atoms with van der Waals surface area (Å²) in [5, 5.41) is 2.97. The number of rotatable bonds is 2.